The molecule has 1 unspecified atom stereocenters. The molecule has 1 amide bonds. The Bertz CT molecular complexity index is 581. The molecule has 0 radical (unpaired) electrons. The summed E-state index contributed by atoms with van der Waals surface area (Å²) >= 11 is 0. The van der Waals surface area contributed by atoms with Gasteiger partial charge in [-0.3, -0.25) is 4.90 Å². The maximum Gasteiger partial charge on any atom is 0.411 e. The Morgan fingerprint density at radius 3 is 2.86 bits per heavy atom. The number of ether oxygens (including phenoxy) is 1. The number of hydrogen-bond acceptors (Lipinski definition) is 3. The van der Waals surface area contributed by atoms with Crippen LogP contribution in [-0.4, -0.2) is 23.1 Å². The van der Waals surface area contributed by atoms with Gasteiger partial charge in [-0.15, -0.1) is 6.42 Å². The minimum Gasteiger partial charge on any atom is -0.444 e. The van der Waals surface area contributed by atoms with Gasteiger partial charge in [-0.25, -0.2) is 4.79 Å². The molecule has 1 aromatic rings. The number of terminal acetylenes is 1. The van der Waals surface area contributed by atoms with Crippen LogP contribution in [-0.2, 0) is 11.2 Å². The SMILES string of the molecule is C#CCN(C(=O)OC(C)(C)C)C1CCc2c(N)cccc21. The van der Waals surface area contributed by atoms with Gasteiger partial charge in [0.15, 0.2) is 0 Å². The van der Waals surface area contributed by atoms with Crippen LogP contribution in [0.2, 0.25) is 0 Å². The van der Waals surface area contributed by atoms with Gasteiger partial charge in [0.2, 0.25) is 0 Å². The van der Waals surface area contributed by atoms with Crippen molar-refractivity contribution >= 4 is 11.8 Å². The van der Waals surface area contributed by atoms with Crippen LogP contribution in [0.25, 0.3) is 0 Å². The highest BCUT2D eigenvalue weighted by molar-refractivity contribution is 5.70. The molecule has 0 saturated heterocycles. The number of carbonyl (C=O) groups is 1. The van der Waals surface area contributed by atoms with E-state index in [4.69, 9.17) is 16.9 Å². The topological polar surface area (TPSA) is 55.6 Å². The van der Waals surface area contributed by atoms with Gasteiger partial charge in [0.25, 0.3) is 0 Å². The second kappa shape index (κ2) is 5.69. The molecular formula is C17H22N2O2. The highest BCUT2D eigenvalue weighted by atomic mass is 16.6. The summed E-state index contributed by atoms with van der Waals surface area (Å²) in [7, 11) is 0. The summed E-state index contributed by atoms with van der Waals surface area (Å²) in [5, 5.41) is 0. The maximum atomic E-state index is 12.4. The number of nitrogen functional groups attached to an aromatic ring is 1. The molecule has 0 saturated carbocycles. The minimum atomic E-state index is -0.541. The van der Waals surface area contributed by atoms with Crippen molar-refractivity contribution in [3.05, 3.63) is 29.3 Å². The number of fused-ring (bicyclic) bond motifs is 1. The molecule has 1 aromatic carbocycles. The first-order valence-corrected chi connectivity index (χ1v) is 7.14. The van der Waals surface area contributed by atoms with Crippen LogP contribution in [0.5, 0.6) is 0 Å². The molecule has 0 heterocycles. The Kier molecular flexibility index (Phi) is 4.13. The van der Waals surface area contributed by atoms with Crippen molar-refractivity contribution in [3.63, 3.8) is 0 Å². The summed E-state index contributed by atoms with van der Waals surface area (Å²) < 4.78 is 5.47. The first-order valence-electron chi connectivity index (χ1n) is 7.14. The molecule has 0 aliphatic heterocycles. The van der Waals surface area contributed by atoms with E-state index in [1.807, 2.05) is 39.0 Å². The maximum absolute atomic E-state index is 12.4. The summed E-state index contributed by atoms with van der Waals surface area (Å²) in [6, 6.07) is 5.75. The fourth-order valence-corrected chi connectivity index (χ4v) is 2.71. The number of benzene rings is 1. The van der Waals surface area contributed by atoms with Crippen molar-refractivity contribution in [1.82, 2.24) is 4.90 Å². The van der Waals surface area contributed by atoms with Crippen molar-refractivity contribution in [2.75, 3.05) is 12.3 Å². The molecule has 0 bridgehead atoms. The molecule has 1 aliphatic carbocycles. The van der Waals surface area contributed by atoms with E-state index in [1.165, 1.54) is 0 Å². The molecule has 2 rings (SSSR count). The molecule has 0 fully saturated rings. The molecule has 0 aromatic heterocycles. The van der Waals surface area contributed by atoms with Gasteiger partial charge in [-0.2, -0.15) is 0 Å². The van der Waals surface area contributed by atoms with E-state index in [1.54, 1.807) is 4.90 Å². The zero-order valence-corrected chi connectivity index (χ0v) is 12.8. The van der Waals surface area contributed by atoms with E-state index in [-0.39, 0.29) is 18.7 Å². The third-order valence-corrected chi connectivity index (χ3v) is 3.54. The molecule has 4 heteroatoms. The van der Waals surface area contributed by atoms with E-state index in [9.17, 15) is 4.79 Å². The summed E-state index contributed by atoms with van der Waals surface area (Å²) in [4.78, 5) is 14.0. The lowest BCUT2D eigenvalue weighted by molar-refractivity contribution is 0.0190. The summed E-state index contributed by atoms with van der Waals surface area (Å²) in [6.07, 6.45) is 6.73. The molecule has 2 N–H and O–H groups in total. The van der Waals surface area contributed by atoms with Crippen LogP contribution >= 0.6 is 0 Å². The highest BCUT2D eigenvalue weighted by Gasteiger charge is 2.33. The summed E-state index contributed by atoms with van der Waals surface area (Å²) in [6.45, 7) is 5.77. The van der Waals surface area contributed by atoms with Crippen LogP contribution in [0.15, 0.2) is 18.2 Å². The van der Waals surface area contributed by atoms with Crippen molar-refractivity contribution in [1.29, 1.82) is 0 Å². The van der Waals surface area contributed by atoms with Crippen molar-refractivity contribution < 1.29 is 9.53 Å². The molecule has 112 valence electrons. The van der Waals surface area contributed by atoms with E-state index in [2.05, 4.69) is 5.92 Å². The third kappa shape index (κ3) is 3.30. The van der Waals surface area contributed by atoms with Crippen LogP contribution < -0.4 is 5.73 Å². The van der Waals surface area contributed by atoms with Gasteiger partial charge in [-0.1, -0.05) is 18.1 Å². The van der Waals surface area contributed by atoms with E-state index >= 15 is 0 Å². The monoisotopic (exact) mass is 286 g/mol. The Balaban J connectivity index is 2.28. The summed E-state index contributed by atoms with van der Waals surface area (Å²) in [5.74, 6) is 2.55. The number of nitrogens with two attached hydrogens (primary N) is 1. The van der Waals surface area contributed by atoms with Crippen LogP contribution in [0.3, 0.4) is 0 Å². The Morgan fingerprint density at radius 2 is 2.24 bits per heavy atom. The second-order valence-corrected chi connectivity index (χ2v) is 6.28. The fourth-order valence-electron chi connectivity index (χ4n) is 2.71. The Morgan fingerprint density at radius 1 is 1.52 bits per heavy atom. The molecular weight excluding hydrogens is 264 g/mol. The molecule has 0 spiro atoms. The van der Waals surface area contributed by atoms with Crippen molar-refractivity contribution in [3.8, 4) is 12.3 Å². The van der Waals surface area contributed by atoms with E-state index < -0.39 is 5.60 Å². The highest BCUT2D eigenvalue weighted by Crippen LogP contribution is 2.38. The van der Waals surface area contributed by atoms with Gasteiger partial charge in [-0.05, 0) is 50.8 Å². The first kappa shape index (κ1) is 15.2. The van der Waals surface area contributed by atoms with Gasteiger partial charge in [0, 0.05) is 5.69 Å². The number of carbonyl (C=O) groups excluding carboxylic acids is 1. The minimum absolute atomic E-state index is 0.0607. The molecule has 21 heavy (non-hydrogen) atoms. The zero-order valence-electron chi connectivity index (χ0n) is 12.8. The van der Waals surface area contributed by atoms with Crippen LogP contribution in [0, 0.1) is 12.3 Å². The number of hydrogen-bond donors (Lipinski definition) is 1. The van der Waals surface area contributed by atoms with Crippen LogP contribution in [0.1, 0.15) is 44.4 Å². The molecule has 1 atom stereocenters. The van der Waals surface area contributed by atoms with Gasteiger partial charge in [0.1, 0.15) is 5.60 Å². The molecule has 1 aliphatic rings. The number of rotatable bonds is 2. The van der Waals surface area contributed by atoms with Crippen molar-refractivity contribution in [2.24, 2.45) is 0 Å². The average Bonchev–Trinajstić information content (AvgIpc) is 2.79. The smallest absolute Gasteiger partial charge is 0.411 e. The van der Waals surface area contributed by atoms with E-state index in [0.29, 0.717) is 0 Å². The summed E-state index contributed by atoms with van der Waals surface area (Å²) in [5.41, 5.74) is 8.45. The zero-order chi connectivity index (χ0) is 15.6. The second-order valence-electron chi connectivity index (χ2n) is 6.28. The lowest BCUT2D eigenvalue weighted by Gasteiger charge is -2.30. The lowest BCUT2D eigenvalue weighted by Crippen LogP contribution is -2.39. The normalized spacial score (nSPS) is 17.0. The fraction of sp³-hybridized carbons (Fsp3) is 0.471. The van der Waals surface area contributed by atoms with Crippen molar-refractivity contribution in [2.45, 2.75) is 45.3 Å². The van der Waals surface area contributed by atoms with Gasteiger partial charge >= 0.3 is 6.09 Å². The Hall–Kier alpha value is -2.15. The standard InChI is InChI=1S/C17H22N2O2/c1-5-11-19(16(20)21-17(2,3)4)15-10-9-12-13(15)7-6-8-14(12)18/h1,6-8,15H,9-11,18H2,2-4H3. The lowest BCUT2D eigenvalue weighted by atomic mass is 10.1. The number of amides is 1. The predicted molar refractivity (Wildman–Crippen MR) is 83.7 cm³/mol. The largest absolute Gasteiger partial charge is 0.444 e. The quantitative estimate of drug-likeness (QED) is 0.671. The molecule has 4 nitrogen and oxygen atoms in total. The van der Waals surface area contributed by atoms with Crippen LogP contribution in [0.4, 0.5) is 10.5 Å². The van der Waals surface area contributed by atoms with Gasteiger partial charge < -0.3 is 10.5 Å². The third-order valence-electron chi connectivity index (χ3n) is 3.54. The number of nitrogens with zero attached hydrogens (tertiary/aromatic N) is 1. The number of anilines is 1. The average molecular weight is 286 g/mol. The Labute approximate surface area is 126 Å². The first-order chi connectivity index (χ1) is 9.83. The van der Waals surface area contributed by atoms with E-state index in [0.717, 1.165) is 29.7 Å². The predicted octanol–water partition coefficient (Wildman–Crippen LogP) is 3.13. The van der Waals surface area contributed by atoms with Gasteiger partial charge in [0.05, 0.1) is 12.6 Å².